The number of esters is 1. The Morgan fingerprint density at radius 2 is 2.13 bits per heavy atom. The van der Waals surface area contributed by atoms with E-state index in [9.17, 15) is 9.59 Å². The zero-order chi connectivity index (χ0) is 16.4. The first-order valence-electron chi connectivity index (χ1n) is 7.55. The zero-order valence-corrected chi connectivity index (χ0v) is 13.6. The second-order valence-electron chi connectivity index (χ2n) is 5.41. The van der Waals surface area contributed by atoms with E-state index < -0.39 is 0 Å². The van der Waals surface area contributed by atoms with E-state index in [0.717, 1.165) is 16.0 Å². The van der Waals surface area contributed by atoms with E-state index in [2.05, 4.69) is 14.9 Å². The van der Waals surface area contributed by atoms with Crippen molar-refractivity contribution in [3.05, 3.63) is 17.3 Å². The fraction of sp³-hybridized carbons (Fsp3) is 0.467. The first-order chi connectivity index (χ1) is 11.1. The Bertz CT molecular complexity index is 737. The van der Waals surface area contributed by atoms with Crippen molar-refractivity contribution < 1.29 is 14.3 Å². The summed E-state index contributed by atoms with van der Waals surface area (Å²) in [6.07, 6.45) is 2.89. The van der Waals surface area contributed by atoms with Crippen LogP contribution >= 0.6 is 11.3 Å². The number of thiophene rings is 1. The predicted molar refractivity (Wildman–Crippen MR) is 87.5 cm³/mol. The van der Waals surface area contributed by atoms with Crippen LogP contribution in [0.25, 0.3) is 10.2 Å². The standard InChI is InChI=1S/C15H18N4O3S/c1-2-22-15(21)10-7-23-14-11(10)13(17-8-18-14)19-5-3-9(4-6-19)12(16)20/h7-9H,2-6H2,1H3,(H2,16,20). The smallest absolute Gasteiger partial charge is 0.339 e. The summed E-state index contributed by atoms with van der Waals surface area (Å²) in [5.74, 6) is 0.0276. The van der Waals surface area contributed by atoms with Crippen LogP contribution in [0.3, 0.4) is 0 Å². The molecule has 1 saturated heterocycles. The highest BCUT2D eigenvalue weighted by atomic mass is 32.1. The topological polar surface area (TPSA) is 98.4 Å². The molecule has 8 heteroatoms. The number of anilines is 1. The summed E-state index contributed by atoms with van der Waals surface area (Å²) < 4.78 is 5.12. The van der Waals surface area contributed by atoms with Gasteiger partial charge in [0.2, 0.25) is 5.91 Å². The van der Waals surface area contributed by atoms with Crippen molar-refractivity contribution in [2.45, 2.75) is 19.8 Å². The number of rotatable bonds is 4. The molecule has 2 N–H and O–H groups in total. The van der Waals surface area contributed by atoms with E-state index >= 15 is 0 Å². The van der Waals surface area contributed by atoms with Gasteiger partial charge in [0.25, 0.3) is 0 Å². The molecule has 0 bridgehead atoms. The molecule has 2 aromatic rings. The maximum Gasteiger partial charge on any atom is 0.339 e. The van der Waals surface area contributed by atoms with Gasteiger partial charge in [-0.2, -0.15) is 0 Å². The number of hydrogen-bond donors (Lipinski definition) is 1. The van der Waals surface area contributed by atoms with Crippen LogP contribution in [0.2, 0.25) is 0 Å². The number of hydrogen-bond acceptors (Lipinski definition) is 7. The Balaban J connectivity index is 1.93. The summed E-state index contributed by atoms with van der Waals surface area (Å²) in [6.45, 7) is 3.46. The molecule has 0 aromatic carbocycles. The number of nitrogens with two attached hydrogens (primary N) is 1. The molecule has 0 spiro atoms. The summed E-state index contributed by atoms with van der Waals surface area (Å²) >= 11 is 1.40. The van der Waals surface area contributed by atoms with Crippen molar-refractivity contribution in [3.63, 3.8) is 0 Å². The highest BCUT2D eigenvalue weighted by Gasteiger charge is 2.27. The minimum absolute atomic E-state index is 0.0874. The fourth-order valence-corrected chi connectivity index (χ4v) is 3.70. The van der Waals surface area contributed by atoms with Crippen LogP contribution in [0, 0.1) is 5.92 Å². The van der Waals surface area contributed by atoms with Gasteiger partial charge in [0.05, 0.1) is 17.6 Å². The van der Waals surface area contributed by atoms with Crippen molar-refractivity contribution in [1.29, 1.82) is 0 Å². The van der Waals surface area contributed by atoms with E-state index in [1.54, 1.807) is 12.3 Å². The summed E-state index contributed by atoms with van der Waals surface area (Å²) in [5.41, 5.74) is 5.88. The third-order valence-corrected chi connectivity index (χ3v) is 4.93. The summed E-state index contributed by atoms with van der Waals surface area (Å²) in [4.78, 5) is 34.9. The predicted octanol–water partition coefficient (Wildman–Crippen LogP) is 1.57. The molecule has 1 aliphatic heterocycles. The van der Waals surface area contributed by atoms with Crippen molar-refractivity contribution in [2.75, 3.05) is 24.6 Å². The lowest BCUT2D eigenvalue weighted by atomic mass is 9.96. The number of aromatic nitrogens is 2. The summed E-state index contributed by atoms with van der Waals surface area (Å²) in [5, 5.41) is 2.49. The molecule has 1 aliphatic rings. The van der Waals surface area contributed by atoms with Gasteiger partial charge in [-0.1, -0.05) is 0 Å². The van der Waals surface area contributed by atoms with Gasteiger partial charge in [0.1, 0.15) is 17.0 Å². The van der Waals surface area contributed by atoms with Gasteiger partial charge in [-0.25, -0.2) is 14.8 Å². The number of primary amides is 1. The highest BCUT2D eigenvalue weighted by molar-refractivity contribution is 7.17. The monoisotopic (exact) mass is 334 g/mol. The summed E-state index contributed by atoms with van der Waals surface area (Å²) in [7, 11) is 0. The van der Waals surface area contributed by atoms with Gasteiger partial charge >= 0.3 is 5.97 Å². The average molecular weight is 334 g/mol. The quantitative estimate of drug-likeness (QED) is 0.852. The lowest BCUT2D eigenvalue weighted by Crippen LogP contribution is -2.39. The van der Waals surface area contributed by atoms with Crippen LogP contribution < -0.4 is 10.6 Å². The third-order valence-electron chi connectivity index (χ3n) is 4.04. The van der Waals surface area contributed by atoms with Crippen LogP contribution in [0.15, 0.2) is 11.7 Å². The number of nitrogens with zero attached hydrogens (tertiary/aromatic N) is 3. The molecule has 3 rings (SSSR count). The molecular formula is C15H18N4O3S. The Morgan fingerprint density at radius 1 is 1.39 bits per heavy atom. The maximum absolute atomic E-state index is 12.1. The van der Waals surface area contributed by atoms with Gasteiger partial charge in [0, 0.05) is 24.4 Å². The maximum atomic E-state index is 12.1. The molecule has 0 unspecified atom stereocenters. The molecule has 23 heavy (non-hydrogen) atoms. The van der Waals surface area contributed by atoms with Crippen molar-refractivity contribution in [1.82, 2.24) is 9.97 Å². The molecule has 7 nitrogen and oxygen atoms in total. The number of amides is 1. The molecule has 0 saturated carbocycles. The van der Waals surface area contributed by atoms with Gasteiger partial charge in [-0.3, -0.25) is 4.79 Å². The van der Waals surface area contributed by atoms with E-state index in [-0.39, 0.29) is 17.8 Å². The van der Waals surface area contributed by atoms with Gasteiger partial charge in [-0.15, -0.1) is 11.3 Å². The first kappa shape index (κ1) is 15.7. The average Bonchev–Trinajstić information content (AvgIpc) is 2.99. The third kappa shape index (κ3) is 2.98. The molecule has 122 valence electrons. The van der Waals surface area contributed by atoms with E-state index in [1.807, 2.05) is 0 Å². The van der Waals surface area contributed by atoms with E-state index in [4.69, 9.17) is 10.5 Å². The molecular weight excluding hydrogens is 316 g/mol. The minimum atomic E-state index is -0.359. The van der Waals surface area contributed by atoms with Gasteiger partial charge < -0.3 is 15.4 Å². The second kappa shape index (κ2) is 6.49. The number of piperidine rings is 1. The van der Waals surface area contributed by atoms with Gasteiger partial charge in [0.15, 0.2) is 0 Å². The Hall–Kier alpha value is -2.22. The molecule has 1 fully saturated rings. The Kier molecular flexibility index (Phi) is 4.42. The number of carbonyl (C=O) groups excluding carboxylic acids is 2. The zero-order valence-electron chi connectivity index (χ0n) is 12.8. The number of carbonyl (C=O) groups is 2. The van der Waals surface area contributed by atoms with Crippen molar-refractivity contribution in [2.24, 2.45) is 11.7 Å². The molecule has 0 aliphatic carbocycles. The normalized spacial score (nSPS) is 15.8. The molecule has 0 radical (unpaired) electrons. The molecule has 1 amide bonds. The van der Waals surface area contributed by atoms with Crippen LogP contribution in [0.1, 0.15) is 30.1 Å². The Labute approximate surface area is 137 Å². The van der Waals surface area contributed by atoms with Crippen LogP contribution in [-0.2, 0) is 9.53 Å². The van der Waals surface area contributed by atoms with Crippen LogP contribution in [0.5, 0.6) is 0 Å². The largest absolute Gasteiger partial charge is 0.462 e. The Morgan fingerprint density at radius 3 is 2.78 bits per heavy atom. The van der Waals surface area contributed by atoms with Crippen molar-refractivity contribution >= 4 is 39.2 Å². The lowest BCUT2D eigenvalue weighted by Gasteiger charge is -2.31. The van der Waals surface area contributed by atoms with Crippen LogP contribution in [-0.4, -0.2) is 41.5 Å². The molecule has 2 aromatic heterocycles. The van der Waals surface area contributed by atoms with E-state index in [0.29, 0.717) is 38.1 Å². The van der Waals surface area contributed by atoms with E-state index in [1.165, 1.54) is 17.7 Å². The number of fused-ring (bicyclic) bond motifs is 1. The first-order valence-corrected chi connectivity index (χ1v) is 8.43. The van der Waals surface area contributed by atoms with Crippen molar-refractivity contribution in [3.8, 4) is 0 Å². The van der Waals surface area contributed by atoms with Gasteiger partial charge in [-0.05, 0) is 19.8 Å². The molecule has 3 heterocycles. The molecule has 0 atom stereocenters. The SMILES string of the molecule is CCOC(=O)c1csc2ncnc(N3CCC(C(N)=O)CC3)c12. The van der Waals surface area contributed by atoms with Crippen LogP contribution in [0.4, 0.5) is 5.82 Å². The second-order valence-corrected chi connectivity index (χ2v) is 6.27. The fourth-order valence-electron chi connectivity index (χ4n) is 2.83. The lowest BCUT2D eigenvalue weighted by molar-refractivity contribution is -0.122. The minimum Gasteiger partial charge on any atom is -0.462 e. The number of ether oxygens (including phenoxy) is 1. The summed E-state index contributed by atoms with van der Waals surface area (Å²) in [6, 6.07) is 0. The highest BCUT2D eigenvalue weighted by Crippen LogP contribution is 2.33.